The van der Waals surface area contributed by atoms with Crippen molar-refractivity contribution in [1.29, 1.82) is 0 Å². The first-order valence-corrected chi connectivity index (χ1v) is 7.52. The van der Waals surface area contributed by atoms with Crippen molar-refractivity contribution in [2.24, 2.45) is 0 Å². The monoisotopic (exact) mass is 254 g/mol. The van der Waals surface area contributed by atoms with Crippen molar-refractivity contribution in [3.8, 4) is 0 Å². The predicted molar refractivity (Wildman–Crippen MR) is 77.6 cm³/mol. The van der Waals surface area contributed by atoms with Crippen molar-refractivity contribution >= 4 is 5.97 Å². The number of hydrogen-bond acceptors (Lipinski definition) is 2. The second-order valence-corrected chi connectivity index (χ2v) is 4.88. The predicted octanol–water partition coefficient (Wildman–Crippen LogP) is 5.03. The van der Waals surface area contributed by atoms with Crippen LogP contribution in [0.2, 0.25) is 0 Å². The number of ether oxygens (including phenoxy) is 1. The van der Waals surface area contributed by atoms with Crippen LogP contribution in [0.25, 0.3) is 0 Å². The van der Waals surface area contributed by atoms with Gasteiger partial charge in [0.15, 0.2) is 0 Å². The molecule has 0 heterocycles. The first-order valence-electron chi connectivity index (χ1n) is 7.52. The third-order valence-corrected chi connectivity index (χ3v) is 3.06. The van der Waals surface area contributed by atoms with E-state index in [1.54, 1.807) is 0 Å². The molecular weight excluding hydrogens is 224 g/mol. The zero-order valence-corrected chi connectivity index (χ0v) is 12.2. The van der Waals surface area contributed by atoms with Gasteiger partial charge in [0.25, 0.3) is 0 Å². The molecular formula is C16H30O2. The average molecular weight is 254 g/mol. The van der Waals surface area contributed by atoms with Crippen molar-refractivity contribution in [2.45, 2.75) is 78.1 Å². The molecule has 0 bridgehead atoms. The summed E-state index contributed by atoms with van der Waals surface area (Å²) in [6.45, 7) is 4.15. The van der Waals surface area contributed by atoms with Gasteiger partial charge < -0.3 is 4.74 Å². The number of esters is 1. The molecule has 106 valence electrons. The molecule has 0 spiro atoms. The molecule has 0 saturated carbocycles. The van der Waals surface area contributed by atoms with Crippen LogP contribution in [0.5, 0.6) is 0 Å². The van der Waals surface area contributed by atoms with Gasteiger partial charge in [-0.25, -0.2) is 0 Å². The third-order valence-electron chi connectivity index (χ3n) is 3.06. The molecule has 0 rings (SSSR count). The minimum atomic E-state index is -0.159. The Labute approximate surface area is 113 Å². The summed E-state index contributed by atoms with van der Waals surface area (Å²) in [5, 5.41) is 0. The lowest BCUT2D eigenvalue weighted by Gasteiger charge is -2.03. The van der Waals surface area contributed by atoms with E-state index < -0.39 is 0 Å². The quantitative estimate of drug-likeness (QED) is 0.277. The molecule has 0 radical (unpaired) electrons. The third kappa shape index (κ3) is 15.2. The lowest BCUT2D eigenvalue weighted by molar-refractivity contribution is -0.141. The molecule has 0 aliphatic carbocycles. The van der Waals surface area contributed by atoms with E-state index in [-0.39, 0.29) is 5.97 Å². The van der Waals surface area contributed by atoms with E-state index in [9.17, 15) is 4.79 Å². The van der Waals surface area contributed by atoms with Crippen LogP contribution in [0.4, 0.5) is 0 Å². The van der Waals surface area contributed by atoms with Gasteiger partial charge in [-0.1, -0.05) is 57.1 Å². The average Bonchev–Trinajstić information content (AvgIpc) is 2.34. The van der Waals surface area contributed by atoms with E-state index in [0.717, 1.165) is 6.42 Å². The Bertz CT molecular complexity index is 209. The number of carbonyl (C=O) groups excluding carboxylic acids is 1. The Kier molecular flexibility index (Phi) is 13.6. The highest BCUT2D eigenvalue weighted by atomic mass is 16.5. The minimum Gasteiger partial charge on any atom is -0.466 e. The first kappa shape index (κ1) is 17.2. The number of carbonyl (C=O) groups is 1. The summed E-state index contributed by atoms with van der Waals surface area (Å²) in [7, 11) is 0. The maximum atomic E-state index is 10.5. The maximum absolute atomic E-state index is 10.5. The van der Waals surface area contributed by atoms with Gasteiger partial charge >= 0.3 is 5.97 Å². The zero-order chi connectivity index (χ0) is 13.5. The van der Waals surface area contributed by atoms with Crippen LogP contribution in [0.15, 0.2) is 12.2 Å². The molecule has 0 aromatic heterocycles. The summed E-state index contributed by atoms with van der Waals surface area (Å²) in [4.78, 5) is 10.5. The standard InChI is InChI=1S/C16H30O2/c1-3-4-5-6-7-8-9-10-11-12-13-14-15-18-16(2)17/h3-4H,5-15H2,1-2H3. The van der Waals surface area contributed by atoms with E-state index in [0.29, 0.717) is 6.61 Å². The molecule has 2 heteroatoms. The lowest BCUT2D eigenvalue weighted by atomic mass is 10.1. The number of unbranched alkanes of at least 4 members (excludes halogenated alkanes) is 9. The van der Waals surface area contributed by atoms with Crippen LogP contribution in [0.3, 0.4) is 0 Å². The van der Waals surface area contributed by atoms with Crippen molar-refractivity contribution in [2.75, 3.05) is 6.61 Å². The molecule has 0 fully saturated rings. The molecule has 0 aromatic carbocycles. The van der Waals surface area contributed by atoms with Gasteiger partial charge in [-0.3, -0.25) is 4.79 Å². The Balaban J connectivity index is 2.96. The maximum Gasteiger partial charge on any atom is 0.302 e. The van der Waals surface area contributed by atoms with Gasteiger partial charge in [0.2, 0.25) is 0 Å². The van der Waals surface area contributed by atoms with Crippen LogP contribution in [-0.2, 0) is 9.53 Å². The normalized spacial score (nSPS) is 11.0. The zero-order valence-electron chi connectivity index (χ0n) is 12.2. The van der Waals surface area contributed by atoms with Crippen molar-refractivity contribution in [3.05, 3.63) is 12.2 Å². The van der Waals surface area contributed by atoms with Gasteiger partial charge in [-0.05, 0) is 26.2 Å². The smallest absolute Gasteiger partial charge is 0.302 e. The molecule has 0 aromatic rings. The van der Waals surface area contributed by atoms with Crippen LogP contribution >= 0.6 is 0 Å². The summed E-state index contributed by atoms with van der Waals surface area (Å²) in [5.74, 6) is -0.159. The van der Waals surface area contributed by atoms with Crippen LogP contribution in [-0.4, -0.2) is 12.6 Å². The summed E-state index contributed by atoms with van der Waals surface area (Å²) in [6, 6.07) is 0. The highest BCUT2D eigenvalue weighted by Gasteiger charge is 1.94. The molecule has 0 amide bonds. The van der Waals surface area contributed by atoms with Crippen LogP contribution in [0, 0.1) is 0 Å². The molecule has 0 aliphatic heterocycles. The topological polar surface area (TPSA) is 26.3 Å². The van der Waals surface area contributed by atoms with E-state index in [1.165, 1.54) is 64.7 Å². The Hall–Kier alpha value is -0.790. The van der Waals surface area contributed by atoms with Gasteiger partial charge in [0.05, 0.1) is 6.61 Å². The highest BCUT2D eigenvalue weighted by molar-refractivity contribution is 5.65. The molecule has 2 nitrogen and oxygen atoms in total. The van der Waals surface area contributed by atoms with E-state index in [1.807, 2.05) is 0 Å². The van der Waals surface area contributed by atoms with Gasteiger partial charge in [-0.2, -0.15) is 0 Å². The molecule has 0 unspecified atom stereocenters. The van der Waals surface area contributed by atoms with Crippen molar-refractivity contribution in [3.63, 3.8) is 0 Å². The van der Waals surface area contributed by atoms with Crippen LogP contribution < -0.4 is 0 Å². The first-order chi connectivity index (χ1) is 8.77. The summed E-state index contributed by atoms with van der Waals surface area (Å²) in [6.07, 6.45) is 17.3. The fraction of sp³-hybridized carbons (Fsp3) is 0.812. The molecule has 18 heavy (non-hydrogen) atoms. The SMILES string of the molecule is CC=CCCCCCCCCCCCOC(C)=O. The number of rotatable bonds is 12. The van der Waals surface area contributed by atoms with Crippen molar-refractivity contribution < 1.29 is 9.53 Å². The minimum absolute atomic E-state index is 0.159. The van der Waals surface area contributed by atoms with E-state index in [2.05, 4.69) is 19.1 Å². The van der Waals surface area contributed by atoms with Gasteiger partial charge in [0, 0.05) is 6.92 Å². The van der Waals surface area contributed by atoms with Crippen LogP contribution in [0.1, 0.15) is 78.1 Å². The Morgan fingerprint density at radius 3 is 1.89 bits per heavy atom. The number of hydrogen-bond donors (Lipinski definition) is 0. The molecule has 0 saturated heterocycles. The molecule has 0 N–H and O–H groups in total. The Morgan fingerprint density at radius 2 is 1.39 bits per heavy atom. The molecule has 0 atom stereocenters. The fourth-order valence-corrected chi connectivity index (χ4v) is 1.98. The second kappa shape index (κ2) is 14.3. The highest BCUT2D eigenvalue weighted by Crippen LogP contribution is 2.10. The van der Waals surface area contributed by atoms with Gasteiger partial charge in [-0.15, -0.1) is 0 Å². The Morgan fingerprint density at radius 1 is 0.889 bits per heavy atom. The fourth-order valence-electron chi connectivity index (χ4n) is 1.98. The molecule has 0 aliphatic rings. The largest absolute Gasteiger partial charge is 0.466 e. The van der Waals surface area contributed by atoms with Crippen molar-refractivity contribution in [1.82, 2.24) is 0 Å². The lowest BCUT2D eigenvalue weighted by Crippen LogP contribution is -2.00. The summed E-state index contributed by atoms with van der Waals surface area (Å²) in [5.41, 5.74) is 0. The van der Waals surface area contributed by atoms with E-state index >= 15 is 0 Å². The summed E-state index contributed by atoms with van der Waals surface area (Å²) >= 11 is 0. The van der Waals surface area contributed by atoms with E-state index in [4.69, 9.17) is 4.74 Å². The summed E-state index contributed by atoms with van der Waals surface area (Å²) < 4.78 is 4.89. The number of allylic oxidation sites excluding steroid dienone is 2. The second-order valence-electron chi connectivity index (χ2n) is 4.88. The van der Waals surface area contributed by atoms with Gasteiger partial charge in [0.1, 0.15) is 0 Å².